The van der Waals surface area contributed by atoms with Crippen LogP contribution < -0.4 is 14.5 Å². The minimum absolute atomic E-state index is 0. The van der Waals surface area contributed by atoms with Gasteiger partial charge in [0.05, 0.1) is 0 Å². The van der Waals surface area contributed by atoms with Gasteiger partial charge < -0.3 is 24.2 Å². The van der Waals surface area contributed by atoms with E-state index in [0.717, 1.165) is 17.2 Å². The van der Waals surface area contributed by atoms with Crippen LogP contribution >= 0.6 is 0 Å². The Morgan fingerprint density at radius 3 is 2.06 bits per heavy atom. The number of hydrogen-bond donors (Lipinski definition) is 0. The molecular formula is C24H21BIrN5O-4. The fourth-order valence-corrected chi connectivity index (χ4v) is 2.82. The van der Waals surface area contributed by atoms with Crippen LogP contribution in [0.5, 0.6) is 0 Å². The largest absolute Gasteiger partial charge is 0.545 e. The molecule has 164 valence electrons. The van der Waals surface area contributed by atoms with Gasteiger partial charge in [-0.1, -0.05) is 11.8 Å². The van der Waals surface area contributed by atoms with Gasteiger partial charge in [-0.05, 0) is 31.6 Å². The average molecular weight is 598 g/mol. The van der Waals surface area contributed by atoms with Crippen LogP contribution in [0, 0.1) is 18.8 Å². The van der Waals surface area contributed by atoms with Gasteiger partial charge >= 0.3 is 7.55 Å². The van der Waals surface area contributed by atoms with Crippen molar-refractivity contribution in [3.05, 3.63) is 117 Å². The Bertz CT molecular complexity index is 928. The Morgan fingerprint density at radius 2 is 1.50 bits per heavy atom. The molecule has 0 saturated heterocycles. The first-order valence-electron chi connectivity index (χ1n) is 9.51. The van der Waals surface area contributed by atoms with Gasteiger partial charge in [-0.15, -0.1) is 11.8 Å². The molecule has 1 aromatic heterocycles. The summed E-state index contributed by atoms with van der Waals surface area (Å²) in [6.45, 7) is 5.26. The zero-order valence-electron chi connectivity index (χ0n) is 17.4. The third-order valence-electron chi connectivity index (χ3n) is 4.26. The number of nitrogens with zero attached hydrogens (tertiary/aromatic N) is 5. The third-order valence-corrected chi connectivity index (χ3v) is 4.26. The number of pyridine rings is 1. The van der Waals surface area contributed by atoms with E-state index in [1.54, 1.807) is 6.20 Å². The summed E-state index contributed by atoms with van der Waals surface area (Å²) in [6, 6.07) is 28.0. The van der Waals surface area contributed by atoms with Crippen molar-refractivity contribution in [1.82, 2.24) is 9.88 Å². The molecule has 2 aliphatic rings. The van der Waals surface area contributed by atoms with Crippen LogP contribution in [0.2, 0.25) is 0 Å². The van der Waals surface area contributed by atoms with E-state index in [0.29, 0.717) is 0 Å². The van der Waals surface area contributed by atoms with Crippen LogP contribution in [0.4, 0.5) is 17.2 Å². The molecule has 0 saturated carbocycles. The fraction of sp³-hybridized carbons (Fsp3) is 0.0417. The maximum absolute atomic E-state index is 7.75. The zero-order valence-corrected chi connectivity index (χ0v) is 19.8. The summed E-state index contributed by atoms with van der Waals surface area (Å²) < 4.78 is 0. The van der Waals surface area contributed by atoms with Gasteiger partial charge in [-0.2, -0.15) is 61.3 Å². The van der Waals surface area contributed by atoms with E-state index in [4.69, 9.17) is 4.79 Å². The number of hydrogen-bond acceptors (Lipinski definition) is 6. The van der Waals surface area contributed by atoms with Crippen molar-refractivity contribution < 1.29 is 24.9 Å². The number of rotatable bonds is 3. The minimum atomic E-state index is 0. The monoisotopic (exact) mass is 599 g/mol. The average Bonchev–Trinajstić information content (AvgIpc) is 3.52. The quantitative estimate of drug-likeness (QED) is 0.260. The molecule has 0 N–H and O–H groups in total. The molecule has 0 amide bonds. The number of anilines is 3. The van der Waals surface area contributed by atoms with E-state index in [9.17, 15) is 0 Å². The molecule has 5 rings (SSSR count). The topological polar surface area (TPSA) is 42.9 Å². The van der Waals surface area contributed by atoms with Crippen molar-refractivity contribution in [2.75, 3.05) is 21.6 Å². The van der Waals surface area contributed by atoms with Gasteiger partial charge in [0.1, 0.15) is 5.82 Å². The Balaban J connectivity index is 0.000000214. The van der Waals surface area contributed by atoms with Gasteiger partial charge in [-0.25, -0.2) is 4.98 Å². The van der Waals surface area contributed by atoms with Crippen molar-refractivity contribution in [3.8, 4) is 0 Å². The van der Waals surface area contributed by atoms with E-state index in [1.807, 2.05) is 132 Å². The van der Waals surface area contributed by atoms with E-state index in [1.165, 1.54) is 0 Å². The van der Waals surface area contributed by atoms with Gasteiger partial charge in [0.2, 0.25) is 0 Å². The van der Waals surface area contributed by atoms with Crippen molar-refractivity contribution in [3.63, 3.8) is 0 Å². The molecule has 3 aromatic rings. The molecule has 3 heterocycles. The second kappa shape index (κ2) is 13.1. The summed E-state index contributed by atoms with van der Waals surface area (Å²) in [5, 5.41) is 0. The molecule has 0 unspecified atom stereocenters. The Kier molecular flexibility index (Phi) is 10.2. The van der Waals surface area contributed by atoms with Gasteiger partial charge in [-0.3, -0.25) is 6.79 Å². The van der Waals surface area contributed by atoms with Crippen LogP contribution in [0.25, 0.3) is 0 Å². The first kappa shape index (κ1) is 24.9. The zero-order chi connectivity index (χ0) is 21.9. The SMILES string of the molecule is CN1C=CN(c2[c-]cccc2)[CH-]1.[B]1N(c2[c-]cccc2)C=CN1c1ccccn1.[CH-]=O.[Ir]. The summed E-state index contributed by atoms with van der Waals surface area (Å²) in [5.41, 5.74) is 2.08. The molecule has 32 heavy (non-hydrogen) atoms. The summed E-state index contributed by atoms with van der Waals surface area (Å²) in [5.74, 6) is 0.905. The molecule has 6 nitrogen and oxygen atoms in total. The Hall–Kier alpha value is -3.35. The summed E-state index contributed by atoms with van der Waals surface area (Å²) in [7, 11) is 3.98. The van der Waals surface area contributed by atoms with Crippen molar-refractivity contribution >= 4 is 31.5 Å². The van der Waals surface area contributed by atoms with Gasteiger partial charge in [0.25, 0.3) is 0 Å². The molecule has 0 bridgehead atoms. The number of benzene rings is 2. The molecule has 0 fully saturated rings. The predicted molar refractivity (Wildman–Crippen MR) is 125 cm³/mol. The van der Waals surface area contributed by atoms with Crippen molar-refractivity contribution in [2.45, 2.75) is 0 Å². The summed E-state index contributed by atoms with van der Waals surface area (Å²) in [6.07, 6.45) is 9.75. The minimum Gasteiger partial charge on any atom is -0.545 e. The second-order valence-corrected chi connectivity index (χ2v) is 6.40. The van der Waals surface area contributed by atoms with Gasteiger partial charge in [0.15, 0.2) is 0 Å². The van der Waals surface area contributed by atoms with E-state index < -0.39 is 0 Å². The van der Waals surface area contributed by atoms with Gasteiger partial charge in [0, 0.05) is 38.7 Å². The molecule has 2 radical (unpaired) electrons. The maximum Gasteiger partial charge on any atom is 0.400 e. The van der Waals surface area contributed by atoms with E-state index in [-0.39, 0.29) is 20.1 Å². The van der Waals surface area contributed by atoms with Crippen LogP contribution in [-0.4, -0.2) is 31.3 Å². The standard InChI is InChI=1S/C13H10BN3.C10H10N2.CHO.Ir/c1-2-6-12(7-3-1)16-10-11-17(14-16)13-8-4-5-9-15-13;1-11-7-8-12(9-11)10-5-3-2-4-6-10;1-2;/h1-6,8-11H;2-5,7-9H,1H3;1H;/q-1;-2;-1;. The first-order valence-corrected chi connectivity index (χ1v) is 9.51. The summed E-state index contributed by atoms with van der Waals surface area (Å²) in [4.78, 5) is 20.1. The Labute approximate surface area is 204 Å². The molecule has 2 aliphatic heterocycles. The van der Waals surface area contributed by atoms with Crippen molar-refractivity contribution in [2.24, 2.45) is 0 Å². The Morgan fingerprint density at radius 1 is 0.844 bits per heavy atom. The van der Waals surface area contributed by atoms with E-state index in [2.05, 4.69) is 23.9 Å². The van der Waals surface area contributed by atoms with Crippen LogP contribution in [0.1, 0.15) is 0 Å². The second-order valence-electron chi connectivity index (χ2n) is 6.40. The summed E-state index contributed by atoms with van der Waals surface area (Å²) >= 11 is 0. The van der Waals surface area contributed by atoms with Crippen LogP contribution in [0.3, 0.4) is 0 Å². The van der Waals surface area contributed by atoms with Crippen molar-refractivity contribution in [1.29, 1.82) is 0 Å². The molecule has 0 atom stereocenters. The first-order chi connectivity index (χ1) is 15.3. The maximum atomic E-state index is 7.75. The number of carbonyl (C=O) groups excluding carboxylic acids is 1. The smallest absolute Gasteiger partial charge is 0.400 e. The number of para-hydroxylation sites is 2. The van der Waals surface area contributed by atoms with Crippen LogP contribution in [0.15, 0.2) is 97.7 Å². The molecule has 8 heteroatoms. The molecule has 0 aliphatic carbocycles. The molecular weight excluding hydrogens is 577 g/mol. The number of aromatic nitrogens is 1. The molecule has 2 aromatic carbocycles. The normalized spacial score (nSPS) is 13.4. The molecule has 0 spiro atoms. The van der Waals surface area contributed by atoms with E-state index >= 15 is 0 Å². The predicted octanol–water partition coefficient (Wildman–Crippen LogP) is 3.77. The van der Waals surface area contributed by atoms with Crippen LogP contribution in [-0.2, 0) is 24.9 Å². The third kappa shape index (κ3) is 6.84. The fourth-order valence-electron chi connectivity index (χ4n) is 2.82.